The molecular formula is C28H32N6O3S. The Morgan fingerprint density at radius 2 is 1.89 bits per heavy atom. The second-order valence-electron chi connectivity index (χ2n) is 11.9. The Bertz CT molecular complexity index is 1420. The second-order valence-corrected chi connectivity index (χ2v) is 12.7. The molecule has 5 fully saturated rings. The van der Waals surface area contributed by atoms with Gasteiger partial charge in [-0.2, -0.15) is 5.10 Å². The number of anilines is 1. The first-order valence-electron chi connectivity index (χ1n) is 13.7. The number of nitrogens with zero attached hydrogens (tertiary/aromatic N) is 3. The van der Waals surface area contributed by atoms with Gasteiger partial charge in [0.1, 0.15) is 0 Å². The van der Waals surface area contributed by atoms with E-state index >= 15 is 0 Å². The van der Waals surface area contributed by atoms with Crippen LogP contribution in [0.25, 0.3) is 10.9 Å². The Kier molecular flexibility index (Phi) is 5.66. The molecule has 1 unspecified atom stereocenters. The molecule has 3 heterocycles. The third-order valence-corrected chi connectivity index (χ3v) is 10.0. The average molecular weight is 533 g/mol. The van der Waals surface area contributed by atoms with Crippen LogP contribution in [0.2, 0.25) is 0 Å². The van der Waals surface area contributed by atoms with Crippen molar-refractivity contribution in [1.29, 1.82) is 0 Å². The van der Waals surface area contributed by atoms with Crippen LogP contribution >= 0.6 is 11.3 Å². The van der Waals surface area contributed by atoms with E-state index in [0.717, 1.165) is 34.4 Å². The largest absolute Gasteiger partial charge is 0.318 e. The van der Waals surface area contributed by atoms with Crippen molar-refractivity contribution >= 4 is 45.6 Å². The molecule has 1 atom stereocenters. The van der Waals surface area contributed by atoms with Crippen LogP contribution in [-0.2, 0) is 23.2 Å². The highest BCUT2D eigenvalue weighted by Crippen LogP contribution is 2.55. The van der Waals surface area contributed by atoms with Crippen molar-refractivity contribution in [2.75, 3.05) is 5.32 Å². The number of aromatic nitrogens is 3. The lowest BCUT2D eigenvalue weighted by atomic mass is 9.53. The molecule has 4 saturated carbocycles. The van der Waals surface area contributed by atoms with Crippen molar-refractivity contribution in [1.82, 2.24) is 25.4 Å². The first-order valence-corrected chi connectivity index (χ1v) is 14.5. The van der Waals surface area contributed by atoms with Crippen LogP contribution in [0, 0.1) is 17.8 Å². The van der Waals surface area contributed by atoms with E-state index in [-0.39, 0.29) is 29.7 Å². The molecule has 2 aromatic heterocycles. The van der Waals surface area contributed by atoms with Gasteiger partial charge in [-0.05, 0) is 68.8 Å². The molecule has 8 rings (SSSR count). The second kappa shape index (κ2) is 8.98. The first-order chi connectivity index (χ1) is 18.4. The fraction of sp³-hybridized carbons (Fsp3) is 0.536. The minimum absolute atomic E-state index is 0.254. The van der Waals surface area contributed by atoms with Gasteiger partial charge in [0, 0.05) is 36.3 Å². The smallest absolute Gasteiger partial charge is 0.284 e. The predicted molar refractivity (Wildman–Crippen MR) is 144 cm³/mol. The molecule has 10 heteroatoms. The summed E-state index contributed by atoms with van der Waals surface area (Å²) in [5.41, 5.74) is 3.15. The van der Waals surface area contributed by atoms with Gasteiger partial charge in [0.05, 0.1) is 28.5 Å². The van der Waals surface area contributed by atoms with Crippen molar-refractivity contribution in [2.24, 2.45) is 24.8 Å². The Hall–Kier alpha value is -3.11. The Labute approximate surface area is 224 Å². The van der Waals surface area contributed by atoms with Crippen molar-refractivity contribution in [3.05, 3.63) is 40.0 Å². The molecule has 1 aromatic carbocycles. The molecule has 3 N–H and O–H groups in total. The number of amides is 3. The number of piperidine rings is 1. The summed E-state index contributed by atoms with van der Waals surface area (Å²) in [7, 11) is 1.80. The van der Waals surface area contributed by atoms with Crippen LogP contribution in [0.4, 0.5) is 5.69 Å². The van der Waals surface area contributed by atoms with Gasteiger partial charge in [-0.15, -0.1) is 11.3 Å². The average Bonchev–Trinajstić information content (AvgIpc) is 3.48. The summed E-state index contributed by atoms with van der Waals surface area (Å²) < 4.78 is 1.69. The van der Waals surface area contributed by atoms with Gasteiger partial charge >= 0.3 is 0 Å². The van der Waals surface area contributed by atoms with Crippen LogP contribution in [-0.4, -0.2) is 38.0 Å². The summed E-state index contributed by atoms with van der Waals surface area (Å²) in [5.74, 6) is 1.32. The molecule has 38 heavy (non-hydrogen) atoms. The quantitative estimate of drug-likeness (QED) is 0.415. The number of rotatable bonds is 6. The third kappa shape index (κ3) is 4.14. The van der Waals surface area contributed by atoms with E-state index in [1.165, 1.54) is 49.9 Å². The summed E-state index contributed by atoms with van der Waals surface area (Å²) in [5, 5.41) is 17.1. The number of nitrogens with one attached hydrogen (secondary N) is 3. The molecule has 1 aliphatic heterocycles. The first kappa shape index (κ1) is 24.0. The Morgan fingerprint density at radius 3 is 2.61 bits per heavy atom. The number of carbonyl (C=O) groups excluding carboxylic acids is 3. The zero-order valence-corrected chi connectivity index (χ0v) is 22.3. The van der Waals surface area contributed by atoms with Crippen LogP contribution in [0.15, 0.2) is 23.6 Å². The summed E-state index contributed by atoms with van der Waals surface area (Å²) >= 11 is 1.36. The standard InChI is InChI=1S/C28H32N6O3S/c1-34-24-19(23(33-34)20-5-6-22(35)32-25(20)36)3-2-4-21(24)31-26(37)27-30-18(14-38-27)13-29-28-10-15-7-16(11-28)9-17(8-15)12-28/h2-4,14-17,20,29H,5-13H2,1H3,(H,31,37)(H,32,35,36). The van der Waals surface area contributed by atoms with Gasteiger partial charge in [0.25, 0.3) is 5.91 Å². The summed E-state index contributed by atoms with van der Waals surface area (Å²) in [6.07, 6.45) is 8.81. The molecule has 198 valence electrons. The molecule has 3 aromatic rings. The maximum absolute atomic E-state index is 13.2. The normalized spacial score (nSPS) is 30.1. The number of carbonyl (C=O) groups is 3. The predicted octanol–water partition coefficient (Wildman–Crippen LogP) is 3.86. The molecule has 0 radical (unpaired) electrons. The molecule has 4 aliphatic carbocycles. The summed E-state index contributed by atoms with van der Waals surface area (Å²) in [4.78, 5) is 41.9. The van der Waals surface area contributed by atoms with Crippen molar-refractivity contribution in [3.63, 3.8) is 0 Å². The minimum Gasteiger partial charge on any atom is -0.318 e. The molecule has 3 amide bonds. The number of hydrogen-bond donors (Lipinski definition) is 3. The molecule has 9 nitrogen and oxygen atoms in total. The highest BCUT2D eigenvalue weighted by atomic mass is 32.1. The number of aryl methyl sites for hydroxylation is 1. The molecule has 5 aliphatic rings. The molecule has 1 saturated heterocycles. The van der Waals surface area contributed by atoms with Crippen LogP contribution in [0.3, 0.4) is 0 Å². The fourth-order valence-electron chi connectivity index (χ4n) is 7.95. The maximum atomic E-state index is 13.2. The Balaban J connectivity index is 1.06. The lowest BCUT2D eigenvalue weighted by Crippen LogP contribution is -2.58. The van der Waals surface area contributed by atoms with Crippen LogP contribution in [0.5, 0.6) is 0 Å². The summed E-state index contributed by atoms with van der Waals surface area (Å²) in [6, 6.07) is 5.58. The summed E-state index contributed by atoms with van der Waals surface area (Å²) in [6.45, 7) is 0.697. The number of hydrogen-bond acceptors (Lipinski definition) is 7. The van der Waals surface area contributed by atoms with E-state index in [9.17, 15) is 14.4 Å². The minimum atomic E-state index is -0.495. The molecular weight excluding hydrogens is 500 g/mol. The van der Waals surface area contributed by atoms with E-state index in [4.69, 9.17) is 0 Å². The van der Waals surface area contributed by atoms with Gasteiger partial charge in [-0.25, -0.2) is 4.98 Å². The van der Waals surface area contributed by atoms with E-state index in [1.807, 2.05) is 23.6 Å². The Morgan fingerprint density at radius 1 is 1.16 bits per heavy atom. The number of benzene rings is 1. The van der Waals surface area contributed by atoms with Crippen LogP contribution < -0.4 is 16.0 Å². The van der Waals surface area contributed by atoms with Crippen molar-refractivity contribution in [2.45, 2.75) is 69.4 Å². The SMILES string of the molecule is Cn1nc(C2CCC(=O)NC2=O)c2cccc(NC(=O)c3nc(CNC45CC6CC(CC(C6)C4)C5)cs3)c21. The molecule has 4 bridgehead atoms. The topological polar surface area (TPSA) is 118 Å². The van der Waals surface area contributed by atoms with Crippen molar-refractivity contribution < 1.29 is 14.4 Å². The number of fused-ring (bicyclic) bond motifs is 1. The lowest BCUT2D eigenvalue weighted by molar-refractivity contribution is -0.134. The third-order valence-electron chi connectivity index (χ3n) is 9.14. The monoisotopic (exact) mass is 532 g/mol. The zero-order chi connectivity index (χ0) is 26.0. The van der Waals surface area contributed by atoms with E-state index in [2.05, 4.69) is 26.0 Å². The fourth-order valence-corrected chi connectivity index (χ4v) is 8.66. The van der Waals surface area contributed by atoms with Gasteiger partial charge in [-0.3, -0.25) is 24.4 Å². The molecule has 0 spiro atoms. The number of imide groups is 1. The number of thiazole rings is 1. The van der Waals surface area contributed by atoms with Crippen molar-refractivity contribution in [3.8, 4) is 0 Å². The number of para-hydroxylation sites is 1. The van der Waals surface area contributed by atoms with Gasteiger partial charge < -0.3 is 10.6 Å². The highest BCUT2D eigenvalue weighted by Gasteiger charge is 2.50. The maximum Gasteiger partial charge on any atom is 0.284 e. The van der Waals surface area contributed by atoms with E-state index in [1.54, 1.807) is 11.7 Å². The van der Waals surface area contributed by atoms with E-state index in [0.29, 0.717) is 29.4 Å². The van der Waals surface area contributed by atoms with E-state index < -0.39 is 5.92 Å². The van der Waals surface area contributed by atoms with Gasteiger partial charge in [0.2, 0.25) is 11.8 Å². The zero-order valence-electron chi connectivity index (χ0n) is 21.5. The van der Waals surface area contributed by atoms with Crippen LogP contribution in [0.1, 0.15) is 78.5 Å². The van der Waals surface area contributed by atoms with Gasteiger partial charge in [-0.1, -0.05) is 12.1 Å². The lowest BCUT2D eigenvalue weighted by Gasteiger charge is -2.57. The van der Waals surface area contributed by atoms with Gasteiger partial charge in [0.15, 0.2) is 5.01 Å². The highest BCUT2D eigenvalue weighted by molar-refractivity contribution is 7.11.